The number of methoxy groups -OCH3 is 2. The van der Waals surface area contributed by atoms with Gasteiger partial charge in [0.15, 0.2) is 17.5 Å². The molecule has 0 radical (unpaired) electrons. The first-order valence-electron chi connectivity index (χ1n) is 9.04. The van der Waals surface area contributed by atoms with Gasteiger partial charge in [-0.3, -0.25) is 4.99 Å². The third-order valence-corrected chi connectivity index (χ3v) is 4.43. The third-order valence-electron chi connectivity index (χ3n) is 4.43. The lowest BCUT2D eigenvalue weighted by Gasteiger charge is -2.14. The monoisotopic (exact) mass is 525 g/mol. The van der Waals surface area contributed by atoms with Gasteiger partial charge in [-0.1, -0.05) is 6.07 Å². The molecular formula is C21H25FIN5O2. The Labute approximate surface area is 192 Å². The van der Waals surface area contributed by atoms with E-state index in [4.69, 9.17) is 9.47 Å². The topological polar surface area (TPSA) is 72.7 Å². The summed E-state index contributed by atoms with van der Waals surface area (Å²) in [5.41, 5.74) is 2.05. The minimum atomic E-state index is -0.312. The molecule has 0 unspecified atom stereocenters. The van der Waals surface area contributed by atoms with E-state index in [9.17, 15) is 4.39 Å². The Hall–Kier alpha value is -2.82. The summed E-state index contributed by atoms with van der Waals surface area (Å²) in [5, 5.41) is 6.35. The van der Waals surface area contributed by atoms with E-state index in [-0.39, 0.29) is 29.8 Å². The summed E-state index contributed by atoms with van der Waals surface area (Å²) in [4.78, 5) is 8.34. The van der Waals surface area contributed by atoms with Gasteiger partial charge in [-0.25, -0.2) is 9.37 Å². The predicted molar refractivity (Wildman–Crippen MR) is 127 cm³/mol. The highest BCUT2D eigenvalue weighted by molar-refractivity contribution is 14.0. The first-order chi connectivity index (χ1) is 14.0. The molecule has 3 rings (SSSR count). The van der Waals surface area contributed by atoms with Crippen molar-refractivity contribution in [1.29, 1.82) is 0 Å². The zero-order valence-electron chi connectivity index (χ0n) is 17.3. The number of halogens is 2. The van der Waals surface area contributed by atoms with Gasteiger partial charge in [0.25, 0.3) is 0 Å². The van der Waals surface area contributed by atoms with Crippen molar-refractivity contribution < 1.29 is 13.9 Å². The van der Waals surface area contributed by atoms with E-state index < -0.39 is 0 Å². The lowest BCUT2D eigenvalue weighted by atomic mass is 10.2. The smallest absolute Gasteiger partial charge is 0.195 e. The quantitative estimate of drug-likeness (QED) is 0.288. The number of nitrogens with zero attached hydrogens (tertiary/aromatic N) is 3. The zero-order chi connectivity index (χ0) is 20.8. The number of hydrogen-bond acceptors (Lipinski definition) is 4. The average Bonchev–Trinajstić information content (AvgIpc) is 3.16. The number of rotatable bonds is 6. The molecule has 7 nitrogen and oxygen atoms in total. The molecule has 0 spiro atoms. The molecule has 0 aliphatic heterocycles. The molecular weight excluding hydrogens is 500 g/mol. The van der Waals surface area contributed by atoms with Gasteiger partial charge in [0.05, 0.1) is 19.9 Å². The molecule has 1 heterocycles. The molecule has 9 heteroatoms. The lowest BCUT2D eigenvalue weighted by Crippen LogP contribution is -2.30. The zero-order valence-corrected chi connectivity index (χ0v) is 19.6. The number of benzene rings is 2. The fourth-order valence-electron chi connectivity index (χ4n) is 2.90. The van der Waals surface area contributed by atoms with Crippen molar-refractivity contribution in [2.75, 3.05) is 26.6 Å². The highest BCUT2D eigenvalue weighted by Gasteiger charge is 2.09. The summed E-state index contributed by atoms with van der Waals surface area (Å²) in [6, 6.07) is 10.6. The Morgan fingerprint density at radius 2 is 1.90 bits per heavy atom. The number of aromatic nitrogens is 2. The molecule has 2 aromatic carbocycles. The average molecular weight is 525 g/mol. The van der Waals surface area contributed by atoms with Crippen molar-refractivity contribution in [3.05, 3.63) is 66.0 Å². The SMILES string of the molecule is CN=C(NCc1ccc(-n2ccnc2C)c(F)c1)Nc1ccc(OC)c(OC)c1.I. The molecule has 0 aliphatic carbocycles. The van der Waals surface area contributed by atoms with E-state index in [1.165, 1.54) is 6.07 Å². The highest BCUT2D eigenvalue weighted by Crippen LogP contribution is 2.29. The number of anilines is 1. The number of aliphatic imine (C=N–C) groups is 1. The van der Waals surface area contributed by atoms with Gasteiger partial charge in [0.1, 0.15) is 11.6 Å². The van der Waals surface area contributed by atoms with Crippen LogP contribution in [0.3, 0.4) is 0 Å². The maximum atomic E-state index is 14.6. The summed E-state index contributed by atoms with van der Waals surface area (Å²) in [5.74, 6) is 2.22. The summed E-state index contributed by atoms with van der Waals surface area (Å²) in [7, 11) is 4.84. The van der Waals surface area contributed by atoms with Gasteiger partial charge >= 0.3 is 0 Å². The van der Waals surface area contributed by atoms with Crippen LogP contribution in [0.15, 0.2) is 53.8 Å². The molecule has 3 aromatic rings. The van der Waals surface area contributed by atoms with E-state index in [2.05, 4.69) is 20.6 Å². The first kappa shape index (κ1) is 23.5. The van der Waals surface area contributed by atoms with Crippen molar-refractivity contribution >= 4 is 35.6 Å². The van der Waals surface area contributed by atoms with Gasteiger partial charge in [0.2, 0.25) is 0 Å². The Bertz CT molecular complexity index is 1020. The second kappa shape index (κ2) is 10.8. The normalized spacial score (nSPS) is 10.9. The third kappa shape index (κ3) is 5.41. The molecule has 0 atom stereocenters. The van der Waals surface area contributed by atoms with Crippen LogP contribution < -0.4 is 20.1 Å². The van der Waals surface area contributed by atoms with E-state index in [0.717, 1.165) is 17.1 Å². The van der Waals surface area contributed by atoms with E-state index in [0.29, 0.717) is 29.7 Å². The molecule has 0 fully saturated rings. The van der Waals surface area contributed by atoms with Crippen molar-refractivity contribution in [3.8, 4) is 17.2 Å². The minimum Gasteiger partial charge on any atom is -0.493 e. The van der Waals surface area contributed by atoms with Crippen LogP contribution in [0.5, 0.6) is 11.5 Å². The maximum absolute atomic E-state index is 14.6. The van der Waals surface area contributed by atoms with E-state index >= 15 is 0 Å². The van der Waals surface area contributed by atoms with Gasteiger partial charge in [-0.15, -0.1) is 24.0 Å². The maximum Gasteiger partial charge on any atom is 0.195 e. The fraction of sp³-hybridized carbons (Fsp3) is 0.238. The highest BCUT2D eigenvalue weighted by atomic mass is 127. The molecule has 0 bridgehead atoms. The molecule has 160 valence electrons. The summed E-state index contributed by atoms with van der Waals surface area (Å²) >= 11 is 0. The lowest BCUT2D eigenvalue weighted by molar-refractivity contribution is 0.355. The Kier molecular flexibility index (Phi) is 8.46. The van der Waals surface area contributed by atoms with E-state index in [1.807, 2.05) is 25.1 Å². The van der Waals surface area contributed by atoms with Crippen LogP contribution in [-0.4, -0.2) is 36.8 Å². The Morgan fingerprint density at radius 1 is 1.13 bits per heavy atom. The Balaban J connectivity index is 0.00000320. The van der Waals surface area contributed by atoms with Gasteiger partial charge < -0.3 is 24.7 Å². The number of hydrogen-bond donors (Lipinski definition) is 2. The molecule has 0 aliphatic rings. The number of guanidine groups is 1. The van der Waals surface area contributed by atoms with Crippen LogP contribution in [0.1, 0.15) is 11.4 Å². The first-order valence-corrected chi connectivity index (χ1v) is 9.04. The molecule has 0 saturated heterocycles. The van der Waals surface area contributed by atoms with Gasteiger partial charge in [0, 0.05) is 37.7 Å². The number of aryl methyl sites for hydroxylation is 1. The summed E-state index contributed by atoms with van der Waals surface area (Å²) < 4.78 is 26.8. The molecule has 30 heavy (non-hydrogen) atoms. The molecule has 1 aromatic heterocycles. The van der Waals surface area contributed by atoms with Gasteiger partial charge in [-0.05, 0) is 36.8 Å². The van der Waals surface area contributed by atoms with Crippen molar-refractivity contribution in [1.82, 2.24) is 14.9 Å². The fourth-order valence-corrected chi connectivity index (χ4v) is 2.90. The summed E-state index contributed by atoms with van der Waals surface area (Å²) in [6.45, 7) is 2.24. The van der Waals surface area contributed by atoms with E-state index in [1.54, 1.807) is 50.4 Å². The van der Waals surface area contributed by atoms with Crippen LogP contribution >= 0.6 is 24.0 Å². The van der Waals surface area contributed by atoms with Crippen molar-refractivity contribution in [2.24, 2.45) is 4.99 Å². The molecule has 0 saturated carbocycles. The second-order valence-corrected chi connectivity index (χ2v) is 6.25. The molecule has 2 N–H and O–H groups in total. The van der Waals surface area contributed by atoms with Crippen LogP contribution in [0.4, 0.5) is 10.1 Å². The van der Waals surface area contributed by atoms with Crippen LogP contribution in [0.25, 0.3) is 5.69 Å². The number of imidazole rings is 1. The Morgan fingerprint density at radius 3 is 2.50 bits per heavy atom. The largest absolute Gasteiger partial charge is 0.493 e. The minimum absolute atomic E-state index is 0. The number of nitrogens with one attached hydrogen (secondary N) is 2. The van der Waals surface area contributed by atoms with Crippen LogP contribution in [0.2, 0.25) is 0 Å². The summed E-state index contributed by atoms with van der Waals surface area (Å²) in [6.07, 6.45) is 3.38. The second-order valence-electron chi connectivity index (χ2n) is 6.25. The number of ether oxygens (including phenoxy) is 2. The van der Waals surface area contributed by atoms with Crippen LogP contribution in [0, 0.1) is 12.7 Å². The van der Waals surface area contributed by atoms with Crippen molar-refractivity contribution in [2.45, 2.75) is 13.5 Å². The van der Waals surface area contributed by atoms with Crippen LogP contribution in [-0.2, 0) is 6.54 Å². The van der Waals surface area contributed by atoms with Crippen molar-refractivity contribution in [3.63, 3.8) is 0 Å². The van der Waals surface area contributed by atoms with Gasteiger partial charge in [-0.2, -0.15) is 0 Å². The molecule has 0 amide bonds. The standard InChI is InChI=1S/C21H24FN5O2.HI/c1-14-24-9-10-27(14)18-7-5-15(11-17(18)22)13-25-21(23-2)26-16-6-8-19(28-3)20(12-16)29-4;/h5-12H,13H2,1-4H3,(H2,23,25,26);1H. The predicted octanol–water partition coefficient (Wildman–Crippen LogP) is 4.14.